The first-order valence-electron chi connectivity index (χ1n) is 43.4. The van der Waals surface area contributed by atoms with Gasteiger partial charge in [0.25, 0.3) is 0 Å². The fraction of sp³-hybridized carbons (Fsp3) is 0.886. The minimum Gasteiger partial charge on any atom is -0.466 e. The number of hydrogen-bond acceptors (Lipinski definition) is 10. The van der Waals surface area contributed by atoms with Gasteiger partial charge < -0.3 is 45.1 Å². The lowest BCUT2D eigenvalue weighted by molar-refractivity contribution is -0.302. The van der Waals surface area contributed by atoms with Gasteiger partial charge in [0.05, 0.1) is 32.0 Å². The summed E-state index contributed by atoms with van der Waals surface area (Å²) >= 11 is 0. The van der Waals surface area contributed by atoms with Crippen molar-refractivity contribution in [3.05, 3.63) is 48.6 Å². The van der Waals surface area contributed by atoms with Gasteiger partial charge in [-0.25, -0.2) is 0 Å². The van der Waals surface area contributed by atoms with Crippen LogP contribution in [0.4, 0.5) is 0 Å². The van der Waals surface area contributed by atoms with Crippen molar-refractivity contribution in [1.29, 1.82) is 0 Å². The van der Waals surface area contributed by atoms with Crippen molar-refractivity contribution in [3.63, 3.8) is 0 Å². The molecule has 0 aliphatic carbocycles. The summed E-state index contributed by atoms with van der Waals surface area (Å²) in [6.07, 6.45) is 93.1. The molecule has 1 fully saturated rings. The van der Waals surface area contributed by atoms with Crippen LogP contribution >= 0.6 is 0 Å². The number of esters is 1. The Kier molecular flexibility index (Phi) is 73.4. The highest BCUT2D eigenvalue weighted by atomic mass is 16.7. The molecule has 0 spiro atoms. The number of aliphatic hydroxyl groups is 5. The maximum Gasteiger partial charge on any atom is 0.305 e. The molecule has 1 aliphatic heterocycles. The molecule has 1 saturated heterocycles. The molecule has 99 heavy (non-hydrogen) atoms. The topological polar surface area (TPSA) is 175 Å². The van der Waals surface area contributed by atoms with Crippen LogP contribution in [0.2, 0.25) is 0 Å². The number of ether oxygens (including phenoxy) is 3. The van der Waals surface area contributed by atoms with Gasteiger partial charge in [0.15, 0.2) is 6.29 Å². The van der Waals surface area contributed by atoms with Gasteiger partial charge in [-0.1, -0.05) is 390 Å². The first-order valence-corrected chi connectivity index (χ1v) is 43.4. The number of allylic oxidation sites excluding steroid dienone is 7. The number of nitrogens with one attached hydrogen (secondary N) is 1. The highest BCUT2D eigenvalue weighted by molar-refractivity contribution is 5.76. The van der Waals surface area contributed by atoms with Gasteiger partial charge in [0.2, 0.25) is 5.91 Å². The summed E-state index contributed by atoms with van der Waals surface area (Å²) in [5.41, 5.74) is 0. The molecule has 582 valence electrons. The van der Waals surface area contributed by atoms with E-state index in [2.05, 4.69) is 55.6 Å². The lowest BCUT2D eigenvalue weighted by atomic mass is 9.99. The number of carbonyl (C=O) groups is 2. The second-order valence-electron chi connectivity index (χ2n) is 30.2. The Balaban J connectivity index is 1.89. The van der Waals surface area contributed by atoms with Crippen LogP contribution in [0.15, 0.2) is 48.6 Å². The van der Waals surface area contributed by atoms with E-state index >= 15 is 0 Å². The molecule has 0 aromatic carbocycles. The molecule has 0 aromatic heterocycles. The number of aliphatic hydroxyl groups excluding tert-OH is 5. The van der Waals surface area contributed by atoms with Gasteiger partial charge in [-0.3, -0.25) is 9.59 Å². The molecule has 1 heterocycles. The summed E-state index contributed by atoms with van der Waals surface area (Å²) in [5.74, 6) is -0.169. The van der Waals surface area contributed by atoms with E-state index in [9.17, 15) is 35.1 Å². The van der Waals surface area contributed by atoms with E-state index in [0.717, 1.165) is 64.2 Å². The van der Waals surface area contributed by atoms with Gasteiger partial charge in [-0.05, 0) is 83.5 Å². The molecule has 0 saturated carbocycles. The maximum absolute atomic E-state index is 13.1. The molecule has 7 atom stereocenters. The predicted molar refractivity (Wildman–Crippen MR) is 421 cm³/mol. The van der Waals surface area contributed by atoms with Crippen LogP contribution in [0.3, 0.4) is 0 Å². The smallest absolute Gasteiger partial charge is 0.305 e. The first kappa shape index (κ1) is 94.6. The minimum absolute atomic E-state index is 0.0213. The predicted octanol–water partition coefficient (Wildman–Crippen LogP) is 24.2. The first-order chi connectivity index (χ1) is 48.7. The molecule has 11 nitrogen and oxygen atoms in total. The van der Waals surface area contributed by atoms with Gasteiger partial charge in [-0.2, -0.15) is 0 Å². The molecule has 1 amide bonds. The van der Waals surface area contributed by atoms with E-state index in [1.54, 1.807) is 6.08 Å². The van der Waals surface area contributed by atoms with Crippen molar-refractivity contribution in [1.82, 2.24) is 5.32 Å². The normalized spacial score (nSPS) is 17.3. The van der Waals surface area contributed by atoms with Gasteiger partial charge in [-0.15, -0.1) is 0 Å². The average molecular weight is 1400 g/mol. The van der Waals surface area contributed by atoms with Crippen LogP contribution in [0, 0.1) is 0 Å². The molecule has 1 rings (SSSR count). The second-order valence-corrected chi connectivity index (χ2v) is 30.2. The van der Waals surface area contributed by atoms with Crippen LogP contribution in [-0.4, -0.2) is 100 Å². The molecule has 0 aromatic rings. The Morgan fingerprint density at radius 2 is 0.657 bits per heavy atom. The quantitative estimate of drug-likeness (QED) is 0.0195. The largest absolute Gasteiger partial charge is 0.466 e. The summed E-state index contributed by atoms with van der Waals surface area (Å²) < 4.78 is 16.8. The van der Waals surface area contributed by atoms with E-state index < -0.39 is 49.5 Å². The van der Waals surface area contributed by atoms with Crippen LogP contribution in [0.25, 0.3) is 0 Å². The lowest BCUT2D eigenvalue weighted by Crippen LogP contribution is -2.60. The van der Waals surface area contributed by atoms with Crippen molar-refractivity contribution >= 4 is 11.9 Å². The monoisotopic (exact) mass is 1400 g/mol. The Morgan fingerprint density at radius 3 is 1.00 bits per heavy atom. The number of rotatable bonds is 78. The number of amides is 1. The summed E-state index contributed by atoms with van der Waals surface area (Å²) in [6, 6.07) is -0.833. The second kappa shape index (κ2) is 76.7. The summed E-state index contributed by atoms with van der Waals surface area (Å²) in [4.78, 5) is 25.2. The van der Waals surface area contributed by atoms with Crippen molar-refractivity contribution in [2.75, 3.05) is 19.8 Å². The Bertz CT molecular complexity index is 1790. The standard InChI is InChI=1S/C88H165NO10/c1-3-5-7-9-11-13-15-17-19-43-48-52-56-60-64-68-72-76-84(93)97-77-73-69-65-61-57-53-49-45-42-40-38-36-34-32-30-28-26-24-22-20-21-23-25-27-29-31-33-35-37-39-41-44-47-51-55-59-63-67-71-75-83(92)89-80(79-98-88-87(96)86(95)85(94)82(78-90)99-88)81(91)74-70-66-62-58-54-50-46-18-16-14-12-10-8-6-4-2/h16,18,20-21,54,58,70,74,80-82,85-88,90-91,94-96H,3-15,17,19,22-53,55-57,59-69,71-73,75-79H2,1-2H3,(H,89,92)/b18-16+,21-20-,58-54+,74-70+. The summed E-state index contributed by atoms with van der Waals surface area (Å²) in [5, 5.41) is 54.6. The zero-order valence-corrected chi connectivity index (χ0v) is 65.2. The molecule has 7 unspecified atom stereocenters. The average Bonchev–Trinajstić information content (AvgIpc) is 0.834. The fourth-order valence-electron chi connectivity index (χ4n) is 13.9. The summed E-state index contributed by atoms with van der Waals surface area (Å²) in [6.45, 7) is 4.38. The third-order valence-electron chi connectivity index (χ3n) is 20.6. The van der Waals surface area contributed by atoms with Crippen molar-refractivity contribution in [2.24, 2.45) is 0 Å². The zero-order valence-electron chi connectivity index (χ0n) is 65.2. The molecule has 6 N–H and O–H groups in total. The molecule has 1 aliphatic rings. The Hall–Kier alpha value is -2.38. The maximum atomic E-state index is 13.1. The highest BCUT2D eigenvalue weighted by Crippen LogP contribution is 2.24. The van der Waals surface area contributed by atoms with Crippen LogP contribution < -0.4 is 5.32 Å². The molecule has 0 bridgehead atoms. The molecular weight excluding hydrogens is 1230 g/mol. The third kappa shape index (κ3) is 64.9. The minimum atomic E-state index is -1.58. The van der Waals surface area contributed by atoms with E-state index in [-0.39, 0.29) is 18.5 Å². The van der Waals surface area contributed by atoms with Gasteiger partial charge >= 0.3 is 5.97 Å². The van der Waals surface area contributed by atoms with Crippen molar-refractivity contribution in [2.45, 2.75) is 480 Å². The molecule has 0 radical (unpaired) electrons. The SMILES string of the molecule is CCCCCCC/C=C/CC/C=C/CC/C=C/C(O)C(COC1OC(CO)C(O)C(O)C1O)NC(=O)CCCCCCCCCCCCCCCCCCC/C=C\CCCCCCCCCCCCCCCCCCCCOC(=O)CCCCCCCCCCCCCCCCCCC. The number of hydrogen-bond donors (Lipinski definition) is 6. The summed E-state index contributed by atoms with van der Waals surface area (Å²) in [7, 11) is 0. The van der Waals surface area contributed by atoms with Crippen LogP contribution in [0.1, 0.15) is 438 Å². The van der Waals surface area contributed by atoms with E-state index in [4.69, 9.17) is 14.2 Å². The molecule has 11 heteroatoms. The van der Waals surface area contributed by atoms with E-state index in [1.165, 1.54) is 347 Å². The Morgan fingerprint density at radius 1 is 0.364 bits per heavy atom. The van der Waals surface area contributed by atoms with Crippen molar-refractivity contribution < 1.29 is 49.3 Å². The lowest BCUT2D eigenvalue weighted by Gasteiger charge is -2.40. The zero-order chi connectivity index (χ0) is 71.5. The highest BCUT2D eigenvalue weighted by Gasteiger charge is 2.44. The van der Waals surface area contributed by atoms with E-state index in [0.29, 0.717) is 19.4 Å². The van der Waals surface area contributed by atoms with Crippen LogP contribution in [0.5, 0.6) is 0 Å². The third-order valence-corrected chi connectivity index (χ3v) is 20.6. The van der Waals surface area contributed by atoms with Gasteiger partial charge in [0, 0.05) is 12.8 Å². The number of carbonyl (C=O) groups excluding carboxylic acids is 2. The fourth-order valence-corrected chi connectivity index (χ4v) is 13.9. The van der Waals surface area contributed by atoms with Crippen LogP contribution in [-0.2, 0) is 23.8 Å². The number of unbranched alkanes of at least 4 members (excludes halogenated alkanes) is 58. The van der Waals surface area contributed by atoms with Gasteiger partial charge in [0.1, 0.15) is 24.4 Å². The Labute approximate surface area is 612 Å². The van der Waals surface area contributed by atoms with Crippen molar-refractivity contribution in [3.8, 4) is 0 Å². The van der Waals surface area contributed by atoms with E-state index in [1.807, 2.05) is 6.08 Å². The molecular formula is C88H165NO10.